The maximum Gasteiger partial charge on any atom is 0.106 e. The summed E-state index contributed by atoms with van der Waals surface area (Å²) < 4.78 is 7.52. The van der Waals surface area contributed by atoms with Crippen LogP contribution in [0.15, 0.2) is 18.2 Å². The molecule has 1 aromatic heterocycles. The molecule has 2 N–H and O–H groups in total. The SMILES string of the molecule is Cc1nc2cc(C3(CCN)COC3)ccc2n1C. The lowest BCUT2D eigenvalue weighted by Crippen LogP contribution is -2.48. The predicted molar refractivity (Wildman–Crippen MR) is 71.6 cm³/mol. The number of aromatic nitrogens is 2. The molecule has 0 atom stereocenters. The van der Waals surface area contributed by atoms with Gasteiger partial charge in [0.25, 0.3) is 0 Å². The fraction of sp³-hybridized carbons (Fsp3) is 0.500. The summed E-state index contributed by atoms with van der Waals surface area (Å²) in [5, 5.41) is 0. The number of hydrogen-bond acceptors (Lipinski definition) is 3. The molecule has 96 valence electrons. The summed E-state index contributed by atoms with van der Waals surface area (Å²) in [6, 6.07) is 6.55. The van der Waals surface area contributed by atoms with E-state index in [2.05, 4.69) is 27.8 Å². The number of fused-ring (bicyclic) bond motifs is 1. The first-order chi connectivity index (χ1) is 8.66. The third kappa shape index (κ3) is 1.56. The van der Waals surface area contributed by atoms with Gasteiger partial charge in [-0.2, -0.15) is 0 Å². The Hall–Kier alpha value is -1.39. The lowest BCUT2D eigenvalue weighted by molar-refractivity contribution is -0.0630. The number of hydrogen-bond donors (Lipinski definition) is 1. The Balaban J connectivity index is 2.07. The quantitative estimate of drug-likeness (QED) is 0.891. The van der Waals surface area contributed by atoms with Crippen LogP contribution in [0.25, 0.3) is 11.0 Å². The maximum atomic E-state index is 5.73. The summed E-state index contributed by atoms with van der Waals surface area (Å²) in [6.45, 7) is 4.29. The van der Waals surface area contributed by atoms with Crippen LogP contribution in [0.3, 0.4) is 0 Å². The van der Waals surface area contributed by atoms with Crippen LogP contribution in [0.4, 0.5) is 0 Å². The van der Waals surface area contributed by atoms with E-state index in [0.717, 1.165) is 31.0 Å². The second-order valence-corrected chi connectivity index (χ2v) is 5.23. The molecule has 3 rings (SSSR count). The molecule has 2 heterocycles. The number of rotatable bonds is 3. The predicted octanol–water partition coefficient (Wildman–Crippen LogP) is 1.50. The Morgan fingerprint density at radius 3 is 2.83 bits per heavy atom. The molecule has 0 amide bonds. The fourth-order valence-corrected chi connectivity index (χ4v) is 2.73. The smallest absolute Gasteiger partial charge is 0.106 e. The van der Waals surface area contributed by atoms with Crippen LogP contribution in [-0.2, 0) is 17.2 Å². The molecule has 4 nitrogen and oxygen atoms in total. The van der Waals surface area contributed by atoms with Gasteiger partial charge in [-0.15, -0.1) is 0 Å². The van der Waals surface area contributed by atoms with Gasteiger partial charge in [-0.25, -0.2) is 4.98 Å². The van der Waals surface area contributed by atoms with Gasteiger partial charge >= 0.3 is 0 Å². The first kappa shape index (κ1) is 11.7. The van der Waals surface area contributed by atoms with Crippen LogP contribution in [-0.4, -0.2) is 29.3 Å². The maximum absolute atomic E-state index is 5.73. The van der Waals surface area contributed by atoms with Crippen molar-refractivity contribution in [1.29, 1.82) is 0 Å². The fourth-order valence-electron chi connectivity index (χ4n) is 2.73. The van der Waals surface area contributed by atoms with E-state index in [-0.39, 0.29) is 5.41 Å². The zero-order valence-corrected chi connectivity index (χ0v) is 10.9. The van der Waals surface area contributed by atoms with Crippen molar-refractivity contribution in [2.24, 2.45) is 12.8 Å². The second kappa shape index (κ2) is 4.07. The monoisotopic (exact) mass is 245 g/mol. The molecule has 0 spiro atoms. The van der Waals surface area contributed by atoms with Crippen LogP contribution in [0.2, 0.25) is 0 Å². The van der Waals surface area contributed by atoms with E-state index < -0.39 is 0 Å². The first-order valence-electron chi connectivity index (χ1n) is 6.38. The summed E-state index contributed by atoms with van der Waals surface area (Å²) in [5.41, 5.74) is 9.40. The highest BCUT2D eigenvalue weighted by Crippen LogP contribution is 2.36. The van der Waals surface area contributed by atoms with Crippen molar-refractivity contribution >= 4 is 11.0 Å². The van der Waals surface area contributed by atoms with Gasteiger partial charge in [-0.3, -0.25) is 0 Å². The minimum atomic E-state index is 0.119. The van der Waals surface area contributed by atoms with Crippen molar-refractivity contribution < 1.29 is 4.74 Å². The van der Waals surface area contributed by atoms with Gasteiger partial charge in [-0.1, -0.05) is 6.07 Å². The minimum Gasteiger partial charge on any atom is -0.379 e. The molecule has 0 bridgehead atoms. The largest absolute Gasteiger partial charge is 0.379 e. The molecule has 0 radical (unpaired) electrons. The molecule has 0 aliphatic carbocycles. The van der Waals surface area contributed by atoms with Crippen LogP contribution in [0, 0.1) is 6.92 Å². The van der Waals surface area contributed by atoms with E-state index in [1.54, 1.807) is 0 Å². The standard InChI is InChI=1S/C14H19N3O/c1-10-16-12-7-11(3-4-13(12)17(10)2)14(5-6-15)8-18-9-14/h3-4,7H,5-6,8-9,15H2,1-2H3. The third-order valence-corrected chi connectivity index (χ3v) is 4.10. The first-order valence-corrected chi connectivity index (χ1v) is 6.38. The Kier molecular flexibility index (Phi) is 2.64. The zero-order valence-electron chi connectivity index (χ0n) is 10.9. The Labute approximate surface area is 107 Å². The van der Waals surface area contributed by atoms with Gasteiger partial charge in [0.05, 0.1) is 24.2 Å². The summed E-state index contributed by atoms with van der Waals surface area (Å²) in [5.74, 6) is 1.04. The Morgan fingerprint density at radius 2 is 2.22 bits per heavy atom. The molecule has 0 unspecified atom stereocenters. The molecule has 1 fully saturated rings. The highest BCUT2D eigenvalue weighted by atomic mass is 16.5. The molecular formula is C14H19N3O. The zero-order chi connectivity index (χ0) is 12.8. The van der Waals surface area contributed by atoms with E-state index in [0.29, 0.717) is 6.54 Å². The summed E-state index contributed by atoms with van der Waals surface area (Å²) in [7, 11) is 2.05. The van der Waals surface area contributed by atoms with Crippen LogP contribution < -0.4 is 5.73 Å². The van der Waals surface area contributed by atoms with Gasteiger partial charge in [-0.05, 0) is 37.6 Å². The number of aryl methyl sites for hydroxylation is 2. The molecule has 1 aliphatic rings. The highest BCUT2D eigenvalue weighted by molar-refractivity contribution is 5.77. The number of nitrogens with zero attached hydrogens (tertiary/aromatic N) is 2. The van der Waals surface area contributed by atoms with Crippen LogP contribution in [0.5, 0.6) is 0 Å². The van der Waals surface area contributed by atoms with Crippen molar-refractivity contribution in [2.45, 2.75) is 18.8 Å². The number of ether oxygens (including phenoxy) is 1. The second-order valence-electron chi connectivity index (χ2n) is 5.23. The van der Waals surface area contributed by atoms with Gasteiger partial charge in [0.1, 0.15) is 5.82 Å². The van der Waals surface area contributed by atoms with Crippen LogP contribution in [0.1, 0.15) is 17.8 Å². The van der Waals surface area contributed by atoms with E-state index in [4.69, 9.17) is 10.5 Å². The van der Waals surface area contributed by atoms with Gasteiger partial charge in [0.15, 0.2) is 0 Å². The average molecular weight is 245 g/mol. The molecule has 1 aliphatic heterocycles. The van der Waals surface area contributed by atoms with Crippen molar-refractivity contribution in [3.05, 3.63) is 29.6 Å². The average Bonchev–Trinajstić information content (AvgIpc) is 2.59. The molecule has 4 heteroatoms. The summed E-state index contributed by atoms with van der Waals surface area (Å²) >= 11 is 0. The van der Waals surface area contributed by atoms with Gasteiger partial charge in [0.2, 0.25) is 0 Å². The summed E-state index contributed by atoms with van der Waals surface area (Å²) in [4.78, 5) is 4.60. The van der Waals surface area contributed by atoms with E-state index >= 15 is 0 Å². The molecule has 2 aromatic rings. The van der Waals surface area contributed by atoms with Crippen molar-refractivity contribution in [3.63, 3.8) is 0 Å². The van der Waals surface area contributed by atoms with Crippen molar-refractivity contribution in [1.82, 2.24) is 9.55 Å². The topological polar surface area (TPSA) is 53.1 Å². The molecule has 18 heavy (non-hydrogen) atoms. The Bertz CT molecular complexity index is 584. The Morgan fingerprint density at radius 1 is 1.44 bits per heavy atom. The molecule has 1 aromatic carbocycles. The highest BCUT2D eigenvalue weighted by Gasteiger charge is 2.39. The van der Waals surface area contributed by atoms with E-state index in [1.165, 1.54) is 11.1 Å². The van der Waals surface area contributed by atoms with Gasteiger partial charge < -0.3 is 15.0 Å². The molecular weight excluding hydrogens is 226 g/mol. The third-order valence-electron chi connectivity index (χ3n) is 4.10. The normalized spacial score (nSPS) is 17.9. The van der Waals surface area contributed by atoms with Crippen molar-refractivity contribution in [3.8, 4) is 0 Å². The minimum absolute atomic E-state index is 0.119. The number of benzene rings is 1. The van der Waals surface area contributed by atoms with E-state index in [1.807, 2.05) is 14.0 Å². The van der Waals surface area contributed by atoms with Crippen molar-refractivity contribution in [2.75, 3.05) is 19.8 Å². The van der Waals surface area contributed by atoms with E-state index in [9.17, 15) is 0 Å². The van der Waals surface area contributed by atoms with Crippen LogP contribution >= 0.6 is 0 Å². The molecule has 0 saturated carbocycles. The van der Waals surface area contributed by atoms with Gasteiger partial charge in [0, 0.05) is 12.5 Å². The number of nitrogens with two attached hydrogens (primary N) is 1. The lowest BCUT2D eigenvalue weighted by atomic mass is 9.76. The lowest BCUT2D eigenvalue weighted by Gasteiger charge is -2.42. The number of imidazole rings is 1. The molecule has 1 saturated heterocycles. The summed E-state index contributed by atoms with van der Waals surface area (Å²) in [6.07, 6.45) is 0.977.